The third-order valence-corrected chi connectivity index (χ3v) is 9.78. The van der Waals surface area contributed by atoms with Crippen molar-refractivity contribution in [2.45, 2.75) is 31.6 Å². The van der Waals surface area contributed by atoms with E-state index in [1.54, 1.807) is 0 Å². The Labute approximate surface area is 346 Å². The van der Waals surface area contributed by atoms with Crippen LogP contribution in [-0.4, -0.2) is 12.4 Å². The Morgan fingerprint density at radius 2 is 0.492 bits per heavy atom. The van der Waals surface area contributed by atoms with E-state index >= 15 is 35.1 Å². The monoisotopic (exact) mass is 956 g/mol. The highest BCUT2D eigenvalue weighted by Gasteiger charge is 2.72. The fourth-order valence-electron chi connectivity index (χ4n) is 6.53. The summed E-state index contributed by atoms with van der Waals surface area (Å²) in [6.07, 6.45) is -12.9. The van der Waals surface area contributed by atoms with Crippen LogP contribution in [0.1, 0.15) is 22.3 Å². The molecule has 0 saturated carbocycles. The first-order valence-electron chi connectivity index (χ1n) is 17.1. The van der Waals surface area contributed by atoms with Gasteiger partial charge in [-0.25, -0.2) is 52.7 Å². The van der Waals surface area contributed by atoms with E-state index in [-0.39, 0.29) is 48.5 Å². The normalized spacial score (nSPS) is 12.3. The van der Waals surface area contributed by atoms with E-state index in [9.17, 15) is 61.5 Å². The van der Waals surface area contributed by atoms with Crippen LogP contribution in [0, 0.1) is 107 Å². The number of hydrogen-bond acceptors (Lipinski definition) is 2. The van der Waals surface area contributed by atoms with Crippen LogP contribution in [0.25, 0.3) is 22.3 Å². The molecular weight excluding hydrogens is 942 g/mol. The molecule has 0 radical (unpaired) electrons. The molecule has 0 aliphatic carbocycles. The average molecular weight is 957 g/mol. The van der Waals surface area contributed by atoms with Gasteiger partial charge in [-0.05, 0) is 49.2 Å². The van der Waals surface area contributed by atoms with Crippen molar-refractivity contribution >= 4 is 0 Å². The number of rotatable bonds is 8. The highest BCUT2D eigenvalue weighted by molar-refractivity contribution is 5.70. The van der Waals surface area contributed by atoms with E-state index in [1.807, 2.05) is 0 Å². The van der Waals surface area contributed by atoms with Crippen molar-refractivity contribution in [3.63, 3.8) is 0 Å². The molecule has 0 aliphatic heterocycles. The zero-order chi connectivity index (χ0) is 48.7. The summed E-state index contributed by atoms with van der Waals surface area (Å²) in [5, 5.41) is 0. The van der Waals surface area contributed by atoms with Gasteiger partial charge in [0.2, 0.25) is 40.2 Å². The molecule has 2 nitrogen and oxygen atoms in total. The SMILES string of the molecule is Cc1c(F)c(F)c(-c2c(F)c(F)c(Oc3ccc(C(c4ccc(Oc5c(F)c(F)c(-c6c(F)c(F)c(C)c(F)c6F)c(F)c5F)cc4)(C(F)(F)F)C(F)(F)F)cc3)c(F)c2F)c(F)c1F. The van der Waals surface area contributed by atoms with Gasteiger partial charge in [0.25, 0.3) is 0 Å². The molecule has 6 rings (SSSR count). The number of hydrogen-bond donors (Lipinski definition) is 0. The predicted molar refractivity (Wildman–Crippen MR) is 178 cm³/mol. The number of benzene rings is 6. The molecule has 0 unspecified atom stereocenters. The standard InChI is InChI=1S/C41H14F22O2/c1-11-21(42)25(46)17(26(47)22(11)43)19-29(50)33(54)37(34(55)30(19)51)64-15-7-3-13(4-8-15)39(40(58,59)60,41(61,62)63)14-5-9-16(10-6-14)65-38-35(56)31(52)20(32(53)36(38)57)18-27(48)23(44)12(2)24(45)28(18)49/h3-10H,1-2H3. The van der Waals surface area contributed by atoms with Crippen molar-refractivity contribution in [3.8, 4) is 45.3 Å². The highest BCUT2D eigenvalue weighted by Crippen LogP contribution is 2.57. The first-order chi connectivity index (χ1) is 30.0. The molecule has 6 aromatic carbocycles. The first-order valence-corrected chi connectivity index (χ1v) is 17.1. The lowest BCUT2D eigenvalue weighted by Gasteiger charge is -2.38. The minimum Gasteiger partial charge on any atom is -0.451 e. The van der Waals surface area contributed by atoms with Gasteiger partial charge in [-0.2, -0.15) is 43.9 Å². The molecule has 0 N–H and O–H groups in total. The van der Waals surface area contributed by atoms with Gasteiger partial charge in [0.1, 0.15) is 11.5 Å². The topological polar surface area (TPSA) is 18.5 Å². The third kappa shape index (κ3) is 7.29. The third-order valence-electron chi connectivity index (χ3n) is 9.78. The van der Waals surface area contributed by atoms with Crippen LogP contribution >= 0.6 is 0 Å². The summed E-state index contributed by atoms with van der Waals surface area (Å²) in [6, 6.07) is 0.431. The summed E-state index contributed by atoms with van der Waals surface area (Å²) in [6.45, 7) is 0.977. The van der Waals surface area contributed by atoms with E-state index in [1.165, 1.54) is 0 Å². The van der Waals surface area contributed by atoms with Crippen molar-refractivity contribution in [3.05, 3.63) is 164 Å². The van der Waals surface area contributed by atoms with Gasteiger partial charge in [0.05, 0.1) is 22.3 Å². The van der Waals surface area contributed by atoms with Crippen LogP contribution in [0.3, 0.4) is 0 Å². The van der Waals surface area contributed by atoms with E-state index in [4.69, 9.17) is 0 Å². The van der Waals surface area contributed by atoms with Crippen LogP contribution in [0.5, 0.6) is 23.0 Å². The van der Waals surface area contributed by atoms with Crippen molar-refractivity contribution in [2.24, 2.45) is 0 Å². The molecule has 0 aliphatic rings. The lowest BCUT2D eigenvalue weighted by Crippen LogP contribution is -2.54. The van der Waals surface area contributed by atoms with Crippen LogP contribution < -0.4 is 9.47 Å². The predicted octanol–water partition coefficient (Wildman–Crippen LogP) is 14.9. The molecule has 0 saturated heterocycles. The van der Waals surface area contributed by atoms with E-state index in [0.29, 0.717) is 13.8 Å². The van der Waals surface area contributed by atoms with Crippen LogP contribution in [0.15, 0.2) is 48.5 Å². The second kappa shape index (κ2) is 16.4. The number of halogens is 22. The van der Waals surface area contributed by atoms with Crippen LogP contribution in [0.2, 0.25) is 0 Å². The largest absolute Gasteiger partial charge is 0.451 e. The zero-order valence-electron chi connectivity index (χ0n) is 31.3. The molecule has 0 spiro atoms. The Morgan fingerprint density at radius 1 is 0.292 bits per heavy atom. The first kappa shape index (κ1) is 47.8. The van der Waals surface area contributed by atoms with Gasteiger partial charge in [0.15, 0.2) is 69.8 Å². The summed E-state index contributed by atoms with van der Waals surface area (Å²) >= 11 is 0. The van der Waals surface area contributed by atoms with Gasteiger partial charge in [0, 0.05) is 11.1 Å². The van der Waals surface area contributed by atoms with Crippen molar-refractivity contribution in [1.29, 1.82) is 0 Å². The minimum absolute atomic E-state index is 0.0322. The van der Waals surface area contributed by atoms with Crippen LogP contribution in [0.4, 0.5) is 96.6 Å². The fourth-order valence-corrected chi connectivity index (χ4v) is 6.53. The maximum atomic E-state index is 15.1. The van der Waals surface area contributed by atoms with Crippen molar-refractivity contribution < 1.29 is 106 Å². The fraction of sp³-hybridized carbons (Fsp3) is 0.122. The number of ether oxygens (including phenoxy) is 2. The minimum atomic E-state index is -6.43. The Balaban J connectivity index is 1.38. The second-order valence-corrected chi connectivity index (χ2v) is 13.4. The summed E-state index contributed by atoms with van der Waals surface area (Å²) in [4.78, 5) is 0. The Bertz CT molecular complexity index is 2610. The maximum Gasteiger partial charge on any atom is 0.411 e. The number of alkyl halides is 6. The molecule has 0 aromatic heterocycles. The quantitative estimate of drug-likeness (QED) is 0.112. The Hall–Kier alpha value is -6.62. The molecule has 24 heteroatoms. The summed E-state index contributed by atoms with van der Waals surface area (Å²) < 4.78 is 333. The van der Waals surface area contributed by atoms with Crippen LogP contribution in [-0.2, 0) is 5.41 Å². The summed E-state index contributed by atoms with van der Waals surface area (Å²) in [5.74, 6) is -47.3. The summed E-state index contributed by atoms with van der Waals surface area (Å²) in [5.41, 5.74) is -20.6. The van der Waals surface area contributed by atoms with Gasteiger partial charge in [-0.3, -0.25) is 0 Å². The lowest BCUT2D eigenvalue weighted by atomic mass is 9.73. The average Bonchev–Trinajstić information content (AvgIpc) is 3.25. The van der Waals surface area contributed by atoms with E-state index in [0.717, 1.165) is 0 Å². The molecule has 344 valence electrons. The van der Waals surface area contributed by atoms with Gasteiger partial charge in [-0.1, -0.05) is 24.3 Å². The van der Waals surface area contributed by atoms with Crippen molar-refractivity contribution in [1.82, 2.24) is 0 Å². The van der Waals surface area contributed by atoms with E-state index < -0.39 is 178 Å². The Kier molecular flexibility index (Phi) is 12.1. The Morgan fingerprint density at radius 3 is 0.692 bits per heavy atom. The molecule has 0 atom stereocenters. The molecule has 65 heavy (non-hydrogen) atoms. The summed E-state index contributed by atoms with van der Waals surface area (Å²) in [7, 11) is 0. The smallest absolute Gasteiger partial charge is 0.411 e. The second-order valence-electron chi connectivity index (χ2n) is 13.4. The maximum absolute atomic E-state index is 15.1. The van der Waals surface area contributed by atoms with Gasteiger partial charge >= 0.3 is 12.4 Å². The molecule has 0 fully saturated rings. The highest BCUT2D eigenvalue weighted by atomic mass is 19.4. The van der Waals surface area contributed by atoms with Gasteiger partial charge in [-0.15, -0.1) is 0 Å². The molecular formula is C41H14F22O2. The molecule has 0 amide bonds. The van der Waals surface area contributed by atoms with Crippen molar-refractivity contribution in [2.75, 3.05) is 0 Å². The zero-order valence-corrected chi connectivity index (χ0v) is 31.3. The molecule has 6 aromatic rings. The molecule has 0 heterocycles. The molecule has 0 bridgehead atoms. The van der Waals surface area contributed by atoms with Gasteiger partial charge < -0.3 is 9.47 Å². The van der Waals surface area contributed by atoms with E-state index in [2.05, 4.69) is 9.47 Å². The lowest BCUT2D eigenvalue weighted by molar-refractivity contribution is -0.288.